The van der Waals surface area contributed by atoms with Gasteiger partial charge in [0, 0.05) is 13.2 Å². The summed E-state index contributed by atoms with van der Waals surface area (Å²) in [6.07, 6.45) is 2.14. The zero-order valence-corrected chi connectivity index (χ0v) is 7.99. The van der Waals surface area contributed by atoms with Gasteiger partial charge in [0.05, 0.1) is 6.04 Å². The lowest BCUT2D eigenvalue weighted by Crippen LogP contribution is -2.30. The minimum absolute atomic E-state index is 0.410. The van der Waals surface area contributed by atoms with Crippen molar-refractivity contribution in [3.05, 3.63) is 42.1 Å². The van der Waals surface area contributed by atoms with Crippen LogP contribution in [0.3, 0.4) is 0 Å². The second-order valence-electron chi connectivity index (χ2n) is 3.41. The molecule has 1 aromatic carbocycles. The van der Waals surface area contributed by atoms with Gasteiger partial charge in [0.1, 0.15) is 0 Å². The summed E-state index contributed by atoms with van der Waals surface area (Å²) in [5, 5.41) is 2.01. The molecule has 0 amide bonds. The third kappa shape index (κ3) is 1.58. The van der Waals surface area contributed by atoms with Gasteiger partial charge in [-0.25, -0.2) is 5.43 Å². The summed E-state index contributed by atoms with van der Waals surface area (Å²) in [6.45, 7) is 2.17. The van der Waals surface area contributed by atoms with E-state index in [2.05, 4.69) is 42.8 Å². The van der Waals surface area contributed by atoms with E-state index in [9.17, 15) is 0 Å². The molecule has 0 bridgehead atoms. The molecular weight excluding hydrogens is 160 g/mol. The fourth-order valence-corrected chi connectivity index (χ4v) is 1.69. The van der Waals surface area contributed by atoms with E-state index in [0.29, 0.717) is 6.04 Å². The summed E-state index contributed by atoms with van der Waals surface area (Å²) in [5.74, 6) is 0. The highest BCUT2D eigenvalue weighted by atomic mass is 15.5. The molecule has 1 heterocycles. The molecule has 2 rings (SSSR count). The van der Waals surface area contributed by atoms with Gasteiger partial charge >= 0.3 is 0 Å². The maximum Gasteiger partial charge on any atom is 0.0504 e. The second kappa shape index (κ2) is 3.23. The fraction of sp³-hybridized carbons (Fsp3) is 0.273. The minimum atomic E-state index is 0.410. The summed E-state index contributed by atoms with van der Waals surface area (Å²) in [6, 6.07) is 10.9. The van der Waals surface area contributed by atoms with Crippen molar-refractivity contribution in [3.63, 3.8) is 0 Å². The zero-order valence-electron chi connectivity index (χ0n) is 7.99. The first-order valence-corrected chi connectivity index (χ1v) is 4.53. The first kappa shape index (κ1) is 8.32. The molecule has 1 aromatic rings. The Bertz CT molecular complexity index is 316. The van der Waals surface area contributed by atoms with Crippen molar-refractivity contribution in [2.45, 2.75) is 13.0 Å². The number of benzene rings is 1. The Morgan fingerprint density at radius 2 is 1.92 bits per heavy atom. The number of nitrogens with zero attached hydrogens (tertiary/aromatic N) is 1. The van der Waals surface area contributed by atoms with Crippen LogP contribution in [0.25, 0.3) is 5.57 Å². The Morgan fingerprint density at radius 3 is 2.46 bits per heavy atom. The minimum Gasteiger partial charge on any atom is -0.318 e. The van der Waals surface area contributed by atoms with Crippen molar-refractivity contribution in [1.82, 2.24) is 10.4 Å². The van der Waals surface area contributed by atoms with E-state index in [1.165, 1.54) is 11.1 Å². The Balaban J connectivity index is 2.32. The molecule has 68 valence electrons. The third-order valence-electron chi connectivity index (χ3n) is 2.30. The molecule has 13 heavy (non-hydrogen) atoms. The van der Waals surface area contributed by atoms with Gasteiger partial charge in [0.2, 0.25) is 0 Å². The number of hydrazine groups is 1. The van der Waals surface area contributed by atoms with Crippen molar-refractivity contribution < 1.29 is 0 Å². The van der Waals surface area contributed by atoms with Gasteiger partial charge in [-0.15, -0.1) is 0 Å². The van der Waals surface area contributed by atoms with E-state index in [4.69, 9.17) is 0 Å². The lowest BCUT2D eigenvalue weighted by molar-refractivity contribution is 0.340. The average molecular weight is 174 g/mol. The van der Waals surface area contributed by atoms with Crippen LogP contribution in [-0.4, -0.2) is 18.1 Å². The molecule has 0 spiro atoms. The SMILES string of the molecule is CC1NN(C)C=C1c1ccccc1. The van der Waals surface area contributed by atoms with Crippen LogP contribution in [0.4, 0.5) is 0 Å². The highest BCUT2D eigenvalue weighted by Crippen LogP contribution is 2.22. The van der Waals surface area contributed by atoms with Crippen LogP contribution in [0.5, 0.6) is 0 Å². The van der Waals surface area contributed by atoms with Gasteiger partial charge in [0.15, 0.2) is 0 Å². The van der Waals surface area contributed by atoms with E-state index < -0.39 is 0 Å². The zero-order chi connectivity index (χ0) is 9.26. The average Bonchev–Trinajstić information content (AvgIpc) is 2.47. The molecule has 1 N–H and O–H groups in total. The van der Waals surface area contributed by atoms with Crippen LogP contribution in [0, 0.1) is 0 Å². The molecule has 1 unspecified atom stereocenters. The molecule has 0 fully saturated rings. The predicted molar refractivity (Wildman–Crippen MR) is 54.8 cm³/mol. The van der Waals surface area contributed by atoms with Crippen LogP contribution in [0.2, 0.25) is 0 Å². The molecule has 1 atom stereocenters. The molecule has 2 nitrogen and oxygen atoms in total. The molecule has 0 radical (unpaired) electrons. The Morgan fingerprint density at radius 1 is 1.23 bits per heavy atom. The van der Waals surface area contributed by atoms with E-state index in [0.717, 1.165) is 0 Å². The van der Waals surface area contributed by atoms with Gasteiger partial charge in [-0.2, -0.15) is 0 Å². The maximum atomic E-state index is 3.31. The van der Waals surface area contributed by atoms with E-state index in [1.807, 2.05) is 18.1 Å². The standard InChI is InChI=1S/C11H14N2/c1-9-11(8-13(2)12-9)10-6-4-3-5-7-10/h3-9,12H,1-2H3. The highest BCUT2D eigenvalue weighted by molar-refractivity contribution is 5.70. The Kier molecular flexibility index (Phi) is 2.07. The van der Waals surface area contributed by atoms with Crippen LogP contribution in [0.15, 0.2) is 36.5 Å². The summed E-state index contributed by atoms with van der Waals surface area (Å²) < 4.78 is 0. The summed E-state index contributed by atoms with van der Waals surface area (Å²) >= 11 is 0. The normalized spacial score (nSPS) is 21.8. The van der Waals surface area contributed by atoms with Crippen molar-refractivity contribution in [3.8, 4) is 0 Å². The number of hydrogen-bond acceptors (Lipinski definition) is 2. The third-order valence-corrected chi connectivity index (χ3v) is 2.30. The van der Waals surface area contributed by atoms with Gasteiger partial charge < -0.3 is 5.01 Å². The van der Waals surface area contributed by atoms with Crippen molar-refractivity contribution >= 4 is 5.57 Å². The molecule has 0 saturated heterocycles. The molecule has 1 aliphatic rings. The van der Waals surface area contributed by atoms with Crippen molar-refractivity contribution in [2.24, 2.45) is 0 Å². The number of nitrogens with one attached hydrogen (secondary N) is 1. The Hall–Kier alpha value is -1.28. The molecular formula is C11H14N2. The monoisotopic (exact) mass is 174 g/mol. The van der Waals surface area contributed by atoms with Crippen LogP contribution in [0.1, 0.15) is 12.5 Å². The maximum absolute atomic E-state index is 3.31. The summed E-state index contributed by atoms with van der Waals surface area (Å²) in [5.41, 5.74) is 5.95. The summed E-state index contributed by atoms with van der Waals surface area (Å²) in [4.78, 5) is 0. The van der Waals surface area contributed by atoms with Gasteiger partial charge in [-0.05, 0) is 18.1 Å². The van der Waals surface area contributed by atoms with Crippen molar-refractivity contribution in [1.29, 1.82) is 0 Å². The highest BCUT2D eigenvalue weighted by Gasteiger charge is 2.17. The second-order valence-corrected chi connectivity index (χ2v) is 3.41. The number of rotatable bonds is 1. The Labute approximate surface area is 78.8 Å². The van der Waals surface area contributed by atoms with Crippen molar-refractivity contribution in [2.75, 3.05) is 7.05 Å². The van der Waals surface area contributed by atoms with Gasteiger partial charge in [-0.3, -0.25) is 0 Å². The molecule has 1 aliphatic heterocycles. The lowest BCUT2D eigenvalue weighted by atomic mass is 10.0. The van der Waals surface area contributed by atoms with Gasteiger partial charge in [0.25, 0.3) is 0 Å². The van der Waals surface area contributed by atoms with Crippen LogP contribution < -0.4 is 5.43 Å². The van der Waals surface area contributed by atoms with Crippen LogP contribution >= 0.6 is 0 Å². The lowest BCUT2D eigenvalue weighted by Gasteiger charge is -2.11. The molecule has 0 saturated carbocycles. The molecule has 2 heteroatoms. The van der Waals surface area contributed by atoms with E-state index in [1.54, 1.807) is 0 Å². The molecule has 0 aromatic heterocycles. The smallest absolute Gasteiger partial charge is 0.0504 e. The van der Waals surface area contributed by atoms with Gasteiger partial charge in [-0.1, -0.05) is 30.3 Å². The first-order chi connectivity index (χ1) is 6.27. The topological polar surface area (TPSA) is 15.3 Å². The largest absolute Gasteiger partial charge is 0.318 e. The quantitative estimate of drug-likeness (QED) is 0.699. The predicted octanol–water partition coefficient (Wildman–Crippen LogP) is 1.87. The van der Waals surface area contributed by atoms with E-state index in [-0.39, 0.29) is 0 Å². The fourth-order valence-electron chi connectivity index (χ4n) is 1.69. The van der Waals surface area contributed by atoms with Crippen LogP contribution in [-0.2, 0) is 0 Å². The first-order valence-electron chi connectivity index (χ1n) is 4.53. The summed E-state index contributed by atoms with van der Waals surface area (Å²) in [7, 11) is 2.02. The van der Waals surface area contributed by atoms with E-state index >= 15 is 0 Å². The number of hydrogen-bond donors (Lipinski definition) is 1. The molecule has 0 aliphatic carbocycles.